The third-order valence-corrected chi connectivity index (χ3v) is 6.04. The lowest BCUT2D eigenvalue weighted by Gasteiger charge is -2.57. The van der Waals surface area contributed by atoms with Crippen molar-refractivity contribution in [2.45, 2.75) is 56.6 Å². The van der Waals surface area contributed by atoms with E-state index in [4.69, 9.17) is 10.7 Å². The average molecular weight is 279 g/mol. The Morgan fingerprint density at radius 1 is 1.15 bits per heavy atom. The number of carbonyl (C=O) groups excluding carboxylic acids is 1. The van der Waals surface area contributed by atoms with E-state index < -0.39 is 0 Å². The number of urea groups is 1. The van der Waals surface area contributed by atoms with Crippen molar-refractivity contribution in [1.82, 2.24) is 10.2 Å². The van der Waals surface area contributed by atoms with Gasteiger partial charge in [0, 0.05) is 12.1 Å². The van der Waals surface area contributed by atoms with Gasteiger partial charge in [-0.3, -0.25) is 4.84 Å². The Hall–Kier alpha value is -0.810. The summed E-state index contributed by atoms with van der Waals surface area (Å²) in [5.41, 5.74) is 0.105. The first-order valence-electron chi connectivity index (χ1n) is 8.08. The van der Waals surface area contributed by atoms with Crippen molar-refractivity contribution in [2.24, 2.45) is 23.7 Å². The molecule has 20 heavy (non-hydrogen) atoms. The fourth-order valence-corrected chi connectivity index (χ4v) is 5.59. The highest BCUT2D eigenvalue weighted by atomic mass is 16.6. The lowest BCUT2D eigenvalue weighted by Crippen LogP contribution is -2.61. The van der Waals surface area contributed by atoms with Gasteiger partial charge in [0.05, 0.1) is 12.6 Å². The first-order valence-corrected chi connectivity index (χ1v) is 8.08. The summed E-state index contributed by atoms with van der Waals surface area (Å²) >= 11 is 0. The monoisotopic (exact) mass is 279 g/mol. The fourth-order valence-electron chi connectivity index (χ4n) is 5.59. The van der Waals surface area contributed by atoms with Gasteiger partial charge >= 0.3 is 6.03 Å². The van der Waals surface area contributed by atoms with Crippen molar-refractivity contribution in [2.75, 3.05) is 13.1 Å². The van der Waals surface area contributed by atoms with E-state index in [1.165, 1.54) is 38.5 Å². The van der Waals surface area contributed by atoms with Gasteiger partial charge in [0.1, 0.15) is 0 Å². The summed E-state index contributed by atoms with van der Waals surface area (Å²) in [5, 5.41) is 3.40. The van der Waals surface area contributed by atoms with Crippen LogP contribution < -0.4 is 11.2 Å². The van der Waals surface area contributed by atoms with E-state index in [0.29, 0.717) is 6.54 Å². The average Bonchev–Trinajstić information content (AvgIpc) is 2.85. The Kier molecular flexibility index (Phi) is 2.96. The molecule has 5 rings (SSSR count). The van der Waals surface area contributed by atoms with Crippen LogP contribution in [0.5, 0.6) is 0 Å². The molecule has 5 fully saturated rings. The number of hydrogen-bond donors (Lipinski definition) is 2. The first-order chi connectivity index (χ1) is 9.66. The van der Waals surface area contributed by atoms with Crippen molar-refractivity contribution in [3.05, 3.63) is 0 Å². The van der Waals surface area contributed by atoms with Crippen LogP contribution in [0.15, 0.2) is 0 Å². The number of nitrogens with two attached hydrogens (primary N) is 1. The molecule has 1 aliphatic heterocycles. The molecule has 112 valence electrons. The summed E-state index contributed by atoms with van der Waals surface area (Å²) < 4.78 is 0. The molecule has 0 spiro atoms. The second-order valence-electron chi connectivity index (χ2n) is 7.62. The molecule has 3 N–H and O–H groups in total. The topological polar surface area (TPSA) is 67.6 Å². The van der Waals surface area contributed by atoms with E-state index >= 15 is 0 Å². The Morgan fingerprint density at radius 2 is 1.75 bits per heavy atom. The van der Waals surface area contributed by atoms with Crippen LogP contribution in [-0.2, 0) is 4.84 Å². The van der Waals surface area contributed by atoms with E-state index in [-0.39, 0.29) is 17.7 Å². The fraction of sp³-hybridized carbons (Fsp3) is 0.933. The molecule has 0 aromatic carbocycles. The Labute approximate surface area is 120 Å². The Morgan fingerprint density at radius 3 is 2.25 bits per heavy atom. The Bertz CT molecular complexity index is 377. The number of nitrogens with one attached hydrogen (secondary N) is 1. The second kappa shape index (κ2) is 4.60. The van der Waals surface area contributed by atoms with Crippen LogP contribution in [0.25, 0.3) is 0 Å². The summed E-state index contributed by atoms with van der Waals surface area (Å²) in [6.45, 7) is 1.40. The molecule has 5 aliphatic rings. The van der Waals surface area contributed by atoms with Crippen molar-refractivity contribution in [3.8, 4) is 0 Å². The molecule has 0 unspecified atom stereocenters. The highest BCUT2D eigenvalue weighted by molar-refractivity contribution is 5.75. The minimum atomic E-state index is 0.0112. The van der Waals surface area contributed by atoms with E-state index in [1.54, 1.807) is 0 Å². The van der Waals surface area contributed by atoms with Crippen LogP contribution in [0.2, 0.25) is 0 Å². The normalized spacial score (nSPS) is 46.0. The summed E-state index contributed by atoms with van der Waals surface area (Å²) in [4.78, 5) is 19.2. The molecule has 4 saturated carbocycles. The standard InChI is InChI=1S/C15H25N3O2/c16-20-13-1-2-18(9-13)14(19)17-15-6-10-3-11(7-15)5-12(4-10)8-15/h10-13H,1-9,16H2,(H,17,19)/t10?,11?,12?,13-,15?/m1/s1. The molecule has 1 saturated heterocycles. The molecule has 4 aliphatic carbocycles. The number of rotatable bonds is 2. The molecule has 4 bridgehead atoms. The van der Waals surface area contributed by atoms with E-state index in [9.17, 15) is 4.79 Å². The van der Waals surface area contributed by atoms with Gasteiger partial charge in [-0.2, -0.15) is 0 Å². The van der Waals surface area contributed by atoms with Gasteiger partial charge in [-0.1, -0.05) is 0 Å². The van der Waals surface area contributed by atoms with Gasteiger partial charge in [0.15, 0.2) is 0 Å². The maximum absolute atomic E-state index is 12.5. The predicted octanol–water partition coefficient (Wildman–Crippen LogP) is 1.63. The molecule has 5 nitrogen and oxygen atoms in total. The molecular weight excluding hydrogens is 254 g/mol. The highest BCUT2D eigenvalue weighted by Crippen LogP contribution is 2.55. The van der Waals surface area contributed by atoms with Crippen LogP contribution in [0, 0.1) is 17.8 Å². The van der Waals surface area contributed by atoms with Crippen molar-refractivity contribution < 1.29 is 9.63 Å². The van der Waals surface area contributed by atoms with Crippen LogP contribution in [0.3, 0.4) is 0 Å². The molecule has 2 amide bonds. The summed E-state index contributed by atoms with van der Waals surface area (Å²) in [6, 6.07) is 0.103. The van der Waals surface area contributed by atoms with Crippen LogP contribution >= 0.6 is 0 Å². The quantitative estimate of drug-likeness (QED) is 0.755. The molecule has 1 atom stereocenters. The van der Waals surface area contributed by atoms with Gasteiger partial charge in [0.2, 0.25) is 0 Å². The molecular formula is C15H25N3O2. The highest BCUT2D eigenvalue weighted by Gasteiger charge is 2.52. The van der Waals surface area contributed by atoms with E-state index in [0.717, 1.165) is 30.7 Å². The van der Waals surface area contributed by atoms with Gasteiger partial charge in [0.25, 0.3) is 0 Å². The van der Waals surface area contributed by atoms with Gasteiger partial charge < -0.3 is 10.2 Å². The summed E-state index contributed by atoms with van der Waals surface area (Å²) in [6.07, 6.45) is 8.69. The maximum Gasteiger partial charge on any atom is 0.317 e. The van der Waals surface area contributed by atoms with Gasteiger partial charge in [-0.25, -0.2) is 10.7 Å². The maximum atomic E-state index is 12.5. The van der Waals surface area contributed by atoms with Crippen molar-refractivity contribution in [1.29, 1.82) is 0 Å². The van der Waals surface area contributed by atoms with Crippen LogP contribution in [0.1, 0.15) is 44.9 Å². The van der Waals surface area contributed by atoms with Gasteiger partial charge in [-0.15, -0.1) is 0 Å². The third kappa shape index (κ3) is 2.11. The molecule has 0 aromatic heterocycles. The lowest BCUT2D eigenvalue weighted by molar-refractivity contribution is -0.0157. The summed E-state index contributed by atoms with van der Waals surface area (Å²) in [5.74, 6) is 7.81. The number of amides is 2. The Balaban J connectivity index is 1.42. The van der Waals surface area contributed by atoms with E-state index in [2.05, 4.69) is 5.32 Å². The second-order valence-corrected chi connectivity index (χ2v) is 7.62. The lowest BCUT2D eigenvalue weighted by atomic mass is 9.53. The first kappa shape index (κ1) is 12.9. The molecule has 0 radical (unpaired) electrons. The van der Waals surface area contributed by atoms with Crippen LogP contribution in [0.4, 0.5) is 4.79 Å². The minimum Gasteiger partial charge on any atom is -0.333 e. The molecule has 0 aromatic rings. The van der Waals surface area contributed by atoms with Gasteiger partial charge in [-0.05, 0) is 62.7 Å². The number of hydrogen-bond acceptors (Lipinski definition) is 3. The van der Waals surface area contributed by atoms with Crippen molar-refractivity contribution >= 4 is 6.03 Å². The number of nitrogens with zero attached hydrogens (tertiary/aromatic N) is 1. The SMILES string of the molecule is NO[C@@H]1CCN(C(=O)NC23CC4CC(CC(C4)C2)C3)C1. The molecule has 1 heterocycles. The zero-order chi connectivity index (χ0) is 13.7. The van der Waals surface area contributed by atoms with E-state index in [1.807, 2.05) is 4.90 Å². The largest absolute Gasteiger partial charge is 0.333 e. The third-order valence-electron chi connectivity index (χ3n) is 6.04. The van der Waals surface area contributed by atoms with Crippen LogP contribution in [-0.4, -0.2) is 35.7 Å². The smallest absolute Gasteiger partial charge is 0.317 e. The zero-order valence-corrected chi connectivity index (χ0v) is 12.0. The molecule has 5 heteroatoms. The minimum absolute atomic E-state index is 0.0112. The number of carbonyl (C=O) groups is 1. The summed E-state index contributed by atoms with van der Waals surface area (Å²) in [7, 11) is 0. The number of likely N-dealkylation sites (tertiary alicyclic amines) is 1. The predicted molar refractivity (Wildman–Crippen MR) is 74.7 cm³/mol. The zero-order valence-electron chi connectivity index (χ0n) is 12.0. The van der Waals surface area contributed by atoms with Crippen molar-refractivity contribution in [3.63, 3.8) is 0 Å².